The van der Waals surface area contributed by atoms with Crippen molar-refractivity contribution < 1.29 is 19.2 Å². The summed E-state index contributed by atoms with van der Waals surface area (Å²) in [7, 11) is 0. The lowest BCUT2D eigenvalue weighted by atomic mass is 9.98. The maximum Gasteiger partial charge on any atom is 0.340 e. The molecule has 0 spiro atoms. The van der Waals surface area contributed by atoms with Crippen molar-refractivity contribution in [3.05, 3.63) is 33.9 Å². The first-order valence-corrected chi connectivity index (χ1v) is 8.86. The maximum absolute atomic E-state index is 12.6. The molecular formula is C18H24N2O5. The molecule has 2 fully saturated rings. The third kappa shape index (κ3) is 4.28. The fraction of sp³-hybridized carbons (Fsp3) is 0.611. The van der Waals surface area contributed by atoms with Crippen LogP contribution in [0.5, 0.6) is 0 Å². The summed E-state index contributed by atoms with van der Waals surface area (Å²) in [4.78, 5) is 25.3. The minimum atomic E-state index is -0.521. The van der Waals surface area contributed by atoms with Crippen molar-refractivity contribution in [2.45, 2.75) is 38.7 Å². The number of piperidine rings is 1. The predicted octanol–water partition coefficient (Wildman–Crippen LogP) is 3.17. The summed E-state index contributed by atoms with van der Waals surface area (Å²) in [6.45, 7) is 4.77. The number of anilines is 1. The Morgan fingerprint density at radius 2 is 2.12 bits per heavy atom. The molecular weight excluding hydrogens is 324 g/mol. The Labute approximate surface area is 147 Å². The number of carbonyl (C=O) groups excluding carboxylic acids is 1. The van der Waals surface area contributed by atoms with Crippen LogP contribution in [0, 0.1) is 16.0 Å². The molecule has 1 atom stereocenters. The van der Waals surface area contributed by atoms with Gasteiger partial charge in [0, 0.05) is 31.8 Å². The fourth-order valence-corrected chi connectivity index (χ4v) is 3.35. The molecule has 2 heterocycles. The number of non-ortho nitro benzene ring substituents is 1. The predicted molar refractivity (Wildman–Crippen MR) is 93.0 cm³/mol. The van der Waals surface area contributed by atoms with E-state index in [1.54, 1.807) is 6.07 Å². The third-order valence-corrected chi connectivity index (χ3v) is 4.96. The Kier molecular flexibility index (Phi) is 5.53. The van der Waals surface area contributed by atoms with Crippen LogP contribution in [0.3, 0.4) is 0 Å². The maximum atomic E-state index is 12.6. The molecule has 25 heavy (non-hydrogen) atoms. The Hall–Kier alpha value is -2.15. The van der Waals surface area contributed by atoms with Crippen molar-refractivity contribution >= 4 is 17.3 Å². The number of nitro groups is 1. The van der Waals surface area contributed by atoms with Gasteiger partial charge in [0.15, 0.2) is 0 Å². The minimum absolute atomic E-state index is 0.0677. The largest absolute Gasteiger partial charge is 0.459 e. The van der Waals surface area contributed by atoms with Crippen LogP contribution in [0.1, 0.15) is 43.0 Å². The number of nitrogens with zero attached hydrogens (tertiary/aromatic N) is 2. The SMILES string of the molecule is CC1CCN(c2ccc([N+](=O)[O-])cc2C(=O)OC[C@@H]2CCCO2)CC1. The standard InChI is InChI=1S/C18H24N2O5/c1-13-6-8-19(9-7-13)17-5-4-14(20(22)23)11-16(17)18(21)25-12-15-3-2-10-24-15/h4-5,11,13,15H,2-3,6-10,12H2,1H3/t15-/m0/s1. The quantitative estimate of drug-likeness (QED) is 0.462. The van der Waals surface area contributed by atoms with Crippen LogP contribution in [0.25, 0.3) is 0 Å². The summed E-state index contributed by atoms with van der Waals surface area (Å²) in [6.07, 6.45) is 3.86. The topological polar surface area (TPSA) is 81.9 Å². The molecule has 0 aliphatic carbocycles. The highest BCUT2D eigenvalue weighted by molar-refractivity contribution is 5.96. The molecule has 0 saturated carbocycles. The van der Waals surface area contributed by atoms with E-state index in [-0.39, 0.29) is 24.0 Å². The number of carbonyl (C=O) groups is 1. The van der Waals surface area contributed by atoms with Gasteiger partial charge in [-0.1, -0.05) is 6.92 Å². The minimum Gasteiger partial charge on any atom is -0.459 e. The third-order valence-electron chi connectivity index (χ3n) is 4.96. The van der Waals surface area contributed by atoms with E-state index in [1.165, 1.54) is 12.1 Å². The number of benzene rings is 1. The molecule has 3 rings (SSSR count). The van der Waals surface area contributed by atoms with Gasteiger partial charge in [-0.2, -0.15) is 0 Å². The monoisotopic (exact) mass is 348 g/mol. The van der Waals surface area contributed by atoms with Gasteiger partial charge in [-0.15, -0.1) is 0 Å². The Morgan fingerprint density at radius 1 is 1.36 bits per heavy atom. The number of rotatable bonds is 5. The van der Waals surface area contributed by atoms with Crippen molar-refractivity contribution in [3.8, 4) is 0 Å². The average Bonchev–Trinajstić information content (AvgIpc) is 3.13. The molecule has 1 aromatic carbocycles. The van der Waals surface area contributed by atoms with E-state index in [4.69, 9.17) is 9.47 Å². The molecule has 0 radical (unpaired) electrons. The van der Waals surface area contributed by atoms with Gasteiger partial charge in [-0.3, -0.25) is 10.1 Å². The first kappa shape index (κ1) is 17.7. The van der Waals surface area contributed by atoms with E-state index in [0.29, 0.717) is 12.5 Å². The number of hydrogen-bond acceptors (Lipinski definition) is 6. The molecule has 0 bridgehead atoms. The van der Waals surface area contributed by atoms with Crippen LogP contribution >= 0.6 is 0 Å². The summed E-state index contributed by atoms with van der Waals surface area (Å²) >= 11 is 0. The van der Waals surface area contributed by atoms with Crippen molar-refractivity contribution in [2.24, 2.45) is 5.92 Å². The van der Waals surface area contributed by atoms with E-state index < -0.39 is 10.9 Å². The highest BCUT2D eigenvalue weighted by Crippen LogP contribution is 2.30. The molecule has 7 nitrogen and oxygen atoms in total. The zero-order valence-corrected chi connectivity index (χ0v) is 14.5. The van der Waals surface area contributed by atoms with E-state index in [2.05, 4.69) is 11.8 Å². The highest BCUT2D eigenvalue weighted by Gasteiger charge is 2.25. The zero-order chi connectivity index (χ0) is 17.8. The smallest absolute Gasteiger partial charge is 0.340 e. The second-order valence-corrected chi connectivity index (χ2v) is 6.86. The molecule has 2 aliphatic heterocycles. The van der Waals surface area contributed by atoms with E-state index in [0.717, 1.165) is 44.5 Å². The van der Waals surface area contributed by atoms with Crippen LogP contribution in [-0.4, -0.2) is 43.3 Å². The Balaban J connectivity index is 1.79. The number of esters is 1. The van der Waals surface area contributed by atoms with Gasteiger partial charge < -0.3 is 14.4 Å². The Bertz CT molecular complexity index is 634. The van der Waals surface area contributed by atoms with Crippen LogP contribution in [-0.2, 0) is 9.47 Å². The lowest BCUT2D eigenvalue weighted by Gasteiger charge is -2.33. The van der Waals surface area contributed by atoms with Gasteiger partial charge in [0.05, 0.1) is 22.3 Å². The lowest BCUT2D eigenvalue weighted by molar-refractivity contribution is -0.384. The second-order valence-electron chi connectivity index (χ2n) is 6.86. The molecule has 0 amide bonds. The van der Waals surface area contributed by atoms with Gasteiger partial charge in [0.25, 0.3) is 5.69 Å². The van der Waals surface area contributed by atoms with Crippen molar-refractivity contribution in [1.82, 2.24) is 0 Å². The molecule has 136 valence electrons. The van der Waals surface area contributed by atoms with Crippen LogP contribution in [0.4, 0.5) is 11.4 Å². The van der Waals surface area contributed by atoms with E-state index >= 15 is 0 Å². The number of hydrogen-bond donors (Lipinski definition) is 0. The lowest BCUT2D eigenvalue weighted by Crippen LogP contribution is -2.34. The summed E-state index contributed by atoms with van der Waals surface area (Å²) in [5.41, 5.74) is 0.884. The van der Waals surface area contributed by atoms with E-state index in [9.17, 15) is 14.9 Å². The van der Waals surface area contributed by atoms with Crippen LogP contribution in [0.2, 0.25) is 0 Å². The molecule has 0 N–H and O–H groups in total. The van der Waals surface area contributed by atoms with Crippen LogP contribution in [0.15, 0.2) is 18.2 Å². The van der Waals surface area contributed by atoms with Crippen molar-refractivity contribution in [2.75, 3.05) is 31.2 Å². The average molecular weight is 348 g/mol. The number of ether oxygens (including phenoxy) is 2. The molecule has 2 saturated heterocycles. The second kappa shape index (κ2) is 7.82. The first-order chi connectivity index (χ1) is 12.0. The molecule has 2 aliphatic rings. The fourth-order valence-electron chi connectivity index (χ4n) is 3.35. The molecule has 0 unspecified atom stereocenters. The normalized spacial score (nSPS) is 21.3. The summed E-state index contributed by atoms with van der Waals surface area (Å²) in [6, 6.07) is 4.44. The molecule has 1 aromatic rings. The zero-order valence-electron chi connectivity index (χ0n) is 14.5. The van der Waals surface area contributed by atoms with Gasteiger partial charge in [0.1, 0.15) is 6.61 Å². The van der Waals surface area contributed by atoms with Crippen LogP contribution < -0.4 is 4.90 Å². The van der Waals surface area contributed by atoms with E-state index in [1.807, 2.05) is 0 Å². The van der Waals surface area contributed by atoms with Gasteiger partial charge in [-0.05, 0) is 37.7 Å². The van der Waals surface area contributed by atoms with Gasteiger partial charge >= 0.3 is 5.97 Å². The van der Waals surface area contributed by atoms with Crippen molar-refractivity contribution in [3.63, 3.8) is 0 Å². The van der Waals surface area contributed by atoms with Gasteiger partial charge in [-0.25, -0.2) is 4.79 Å². The Morgan fingerprint density at radius 3 is 2.76 bits per heavy atom. The number of nitro benzene ring substituents is 1. The highest BCUT2D eigenvalue weighted by atomic mass is 16.6. The first-order valence-electron chi connectivity index (χ1n) is 8.86. The summed E-state index contributed by atoms with van der Waals surface area (Å²) in [5, 5.41) is 11.1. The van der Waals surface area contributed by atoms with Crippen molar-refractivity contribution in [1.29, 1.82) is 0 Å². The van der Waals surface area contributed by atoms with Gasteiger partial charge in [0.2, 0.25) is 0 Å². The molecule has 7 heteroatoms. The summed E-state index contributed by atoms with van der Waals surface area (Å²) < 4.78 is 10.8. The molecule has 0 aromatic heterocycles. The summed E-state index contributed by atoms with van der Waals surface area (Å²) in [5.74, 6) is 0.136.